The average molecular weight is 309 g/mol. The Hall–Kier alpha value is -1.36. The predicted octanol–water partition coefficient (Wildman–Crippen LogP) is 3.43. The summed E-state index contributed by atoms with van der Waals surface area (Å²) in [4.78, 5) is 1.17. The quantitative estimate of drug-likeness (QED) is 0.683. The zero-order chi connectivity index (χ0) is 14.3. The number of halogens is 1. The van der Waals surface area contributed by atoms with Crippen molar-refractivity contribution in [2.75, 3.05) is 0 Å². The normalized spacial score (nSPS) is 18.1. The van der Waals surface area contributed by atoms with Gasteiger partial charge in [0.1, 0.15) is 5.75 Å². The fraction of sp³-hybridized carbons (Fsp3) is 0.200. The van der Waals surface area contributed by atoms with Crippen LogP contribution < -0.4 is 4.74 Å². The first-order valence-electron chi connectivity index (χ1n) is 6.23. The van der Waals surface area contributed by atoms with Gasteiger partial charge in [-0.25, -0.2) is 0 Å². The van der Waals surface area contributed by atoms with Crippen molar-refractivity contribution in [1.29, 1.82) is 0 Å². The maximum atomic E-state index is 12.6. The van der Waals surface area contributed by atoms with Crippen molar-refractivity contribution in [3.05, 3.63) is 47.5 Å². The molecule has 1 aliphatic heterocycles. The third kappa shape index (κ3) is 2.24. The molecule has 3 nitrogen and oxygen atoms in total. The Morgan fingerprint density at radius 3 is 2.80 bits per heavy atom. The molecule has 0 saturated carbocycles. The summed E-state index contributed by atoms with van der Waals surface area (Å²) in [6, 6.07) is 10.7. The van der Waals surface area contributed by atoms with E-state index in [0.29, 0.717) is 17.1 Å². The molecule has 0 fully saturated rings. The second-order valence-corrected chi connectivity index (χ2v) is 6.60. The van der Waals surface area contributed by atoms with Crippen LogP contribution >= 0.6 is 11.6 Å². The van der Waals surface area contributed by atoms with Crippen molar-refractivity contribution in [3.8, 4) is 11.5 Å². The number of benzene rings is 2. The third-order valence-corrected chi connectivity index (χ3v) is 4.92. The Morgan fingerprint density at radius 2 is 2.05 bits per heavy atom. The summed E-state index contributed by atoms with van der Waals surface area (Å²) in [5.41, 5.74) is 1.24. The molecular weight excluding hydrogens is 296 g/mol. The van der Waals surface area contributed by atoms with Gasteiger partial charge in [-0.05, 0) is 25.1 Å². The maximum Gasteiger partial charge on any atom is 0.207 e. The number of phenolic OH excluding ortho intramolecular Hbond substituents is 1. The summed E-state index contributed by atoms with van der Waals surface area (Å²) in [6.07, 6.45) is 0.574. The summed E-state index contributed by atoms with van der Waals surface area (Å²) in [6.45, 7) is 1.72. The molecule has 20 heavy (non-hydrogen) atoms. The van der Waals surface area contributed by atoms with E-state index in [4.69, 9.17) is 16.3 Å². The SMILES string of the molecule is CC(Cl)Oc1ccc(O)c2c1Cc1ccccc1[S+]2[O-]. The van der Waals surface area contributed by atoms with E-state index >= 15 is 0 Å². The van der Waals surface area contributed by atoms with Crippen LogP contribution in [0.1, 0.15) is 18.1 Å². The van der Waals surface area contributed by atoms with Gasteiger partial charge in [-0.1, -0.05) is 29.8 Å². The Bertz CT molecular complexity index is 658. The van der Waals surface area contributed by atoms with Crippen LogP contribution in [0.25, 0.3) is 0 Å². The Labute approximate surface area is 125 Å². The summed E-state index contributed by atoms with van der Waals surface area (Å²) >= 11 is 4.47. The van der Waals surface area contributed by atoms with Crippen LogP contribution in [0.4, 0.5) is 0 Å². The highest BCUT2D eigenvalue weighted by Crippen LogP contribution is 2.43. The Kier molecular flexibility index (Phi) is 3.54. The lowest BCUT2D eigenvalue weighted by molar-refractivity contribution is 0.296. The number of rotatable bonds is 2. The van der Waals surface area contributed by atoms with Crippen LogP contribution in [-0.4, -0.2) is 15.2 Å². The van der Waals surface area contributed by atoms with Crippen molar-refractivity contribution in [2.24, 2.45) is 0 Å². The lowest BCUT2D eigenvalue weighted by Gasteiger charge is -2.24. The van der Waals surface area contributed by atoms with E-state index in [1.807, 2.05) is 24.3 Å². The maximum absolute atomic E-state index is 12.6. The smallest absolute Gasteiger partial charge is 0.207 e. The van der Waals surface area contributed by atoms with Gasteiger partial charge in [-0.3, -0.25) is 0 Å². The fourth-order valence-corrected chi connectivity index (χ4v) is 3.94. The summed E-state index contributed by atoms with van der Waals surface area (Å²) in [7, 11) is 0. The highest BCUT2D eigenvalue weighted by molar-refractivity contribution is 7.91. The van der Waals surface area contributed by atoms with Crippen LogP contribution in [0.5, 0.6) is 11.5 Å². The van der Waals surface area contributed by atoms with Gasteiger partial charge >= 0.3 is 0 Å². The topological polar surface area (TPSA) is 52.5 Å². The minimum absolute atomic E-state index is 0.0300. The van der Waals surface area contributed by atoms with Crippen LogP contribution in [0, 0.1) is 0 Å². The Morgan fingerprint density at radius 1 is 1.30 bits per heavy atom. The van der Waals surface area contributed by atoms with Gasteiger partial charge in [0.2, 0.25) is 4.90 Å². The number of phenols is 1. The molecule has 2 aromatic carbocycles. The van der Waals surface area contributed by atoms with Crippen molar-refractivity contribution < 1.29 is 14.4 Å². The largest absolute Gasteiger partial charge is 0.606 e. The average Bonchev–Trinajstić information content (AvgIpc) is 2.42. The molecule has 0 aliphatic carbocycles. The van der Waals surface area contributed by atoms with Gasteiger partial charge < -0.3 is 14.4 Å². The van der Waals surface area contributed by atoms with Crippen molar-refractivity contribution in [3.63, 3.8) is 0 Å². The van der Waals surface area contributed by atoms with Crippen LogP contribution in [-0.2, 0) is 17.6 Å². The number of hydrogen-bond acceptors (Lipinski definition) is 3. The number of ether oxygens (including phenoxy) is 1. The first kappa shape index (κ1) is 13.6. The van der Waals surface area contributed by atoms with E-state index in [1.54, 1.807) is 13.0 Å². The molecule has 1 N–H and O–H groups in total. The lowest BCUT2D eigenvalue weighted by atomic mass is 10.0. The van der Waals surface area contributed by atoms with Gasteiger partial charge in [0, 0.05) is 23.2 Å². The van der Waals surface area contributed by atoms with E-state index in [0.717, 1.165) is 16.0 Å². The molecule has 0 radical (unpaired) electrons. The van der Waals surface area contributed by atoms with E-state index < -0.39 is 16.7 Å². The van der Waals surface area contributed by atoms with E-state index in [-0.39, 0.29) is 5.75 Å². The fourth-order valence-electron chi connectivity index (χ4n) is 2.39. The number of fused-ring (bicyclic) bond motifs is 2. The van der Waals surface area contributed by atoms with Crippen molar-refractivity contribution in [1.82, 2.24) is 0 Å². The first-order chi connectivity index (χ1) is 9.58. The molecule has 2 unspecified atom stereocenters. The molecule has 2 aromatic rings. The monoisotopic (exact) mass is 308 g/mol. The van der Waals surface area contributed by atoms with Gasteiger partial charge in [0.15, 0.2) is 16.2 Å². The summed E-state index contributed by atoms with van der Waals surface area (Å²) in [5.74, 6) is 0.602. The molecule has 1 aliphatic rings. The summed E-state index contributed by atoms with van der Waals surface area (Å²) in [5, 5.41) is 10.0. The molecule has 0 amide bonds. The molecule has 3 rings (SSSR count). The van der Waals surface area contributed by atoms with E-state index in [1.165, 1.54) is 6.07 Å². The van der Waals surface area contributed by atoms with Gasteiger partial charge in [0.25, 0.3) is 0 Å². The molecule has 0 aromatic heterocycles. The van der Waals surface area contributed by atoms with Crippen LogP contribution in [0.2, 0.25) is 0 Å². The molecule has 1 heterocycles. The second kappa shape index (κ2) is 5.20. The number of alkyl halides is 1. The lowest BCUT2D eigenvalue weighted by Crippen LogP contribution is -2.17. The van der Waals surface area contributed by atoms with Gasteiger partial charge in [-0.2, -0.15) is 0 Å². The van der Waals surface area contributed by atoms with Crippen molar-refractivity contribution >= 4 is 22.8 Å². The minimum Gasteiger partial charge on any atom is -0.606 e. The Balaban J connectivity index is 2.15. The zero-order valence-corrected chi connectivity index (χ0v) is 12.4. The highest BCUT2D eigenvalue weighted by Gasteiger charge is 2.33. The first-order valence-corrected chi connectivity index (χ1v) is 7.82. The van der Waals surface area contributed by atoms with Crippen molar-refractivity contribution in [2.45, 2.75) is 28.7 Å². The van der Waals surface area contributed by atoms with Crippen LogP contribution in [0.3, 0.4) is 0 Å². The van der Waals surface area contributed by atoms with E-state index in [2.05, 4.69) is 0 Å². The number of aromatic hydroxyl groups is 1. The molecule has 0 saturated heterocycles. The van der Waals surface area contributed by atoms with E-state index in [9.17, 15) is 9.66 Å². The summed E-state index contributed by atoms with van der Waals surface area (Å²) < 4.78 is 18.2. The molecule has 2 atom stereocenters. The molecule has 104 valence electrons. The second-order valence-electron chi connectivity index (χ2n) is 4.60. The highest BCUT2D eigenvalue weighted by atomic mass is 35.5. The molecule has 0 bridgehead atoms. The molecule has 5 heteroatoms. The third-order valence-electron chi connectivity index (χ3n) is 3.21. The number of hydrogen-bond donors (Lipinski definition) is 1. The van der Waals surface area contributed by atoms with Gasteiger partial charge in [-0.15, -0.1) is 0 Å². The predicted molar refractivity (Wildman–Crippen MR) is 78.0 cm³/mol. The molecular formula is C15H13ClO3S. The van der Waals surface area contributed by atoms with Gasteiger partial charge in [0.05, 0.1) is 5.56 Å². The van der Waals surface area contributed by atoms with Crippen LogP contribution in [0.15, 0.2) is 46.2 Å². The minimum atomic E-state index is -1.40. The molecule has 0 spiro atoms. The standard InChI is InChI=1S/C15H13ClO3S/c1-9(16)19-13-7-6-12(17)15-11(13)8-10-4-2-3-5-14(10)20(15)18/h2-7,9,17H,8H2,1H3. The zero-order valence-electron chi connectivity index (χ0n) is 10.8.